The zero-order valence-corrected chi connectivity index (χ0v) is 16.2. The molecule has 1 unspecified atom stereocenters. The molecule has 0 spiro atoms. The second kappa shape index (κ2) is 8.08. The van der Waals surface area contributed by atoms with Gasteiger partial charge in [-0.15, -0.1) is 0 Å². The third-order valence-corrected chi connectivity index (χ3v) is 6.31. The van der Waals surface area contributed by atoms with Gasteiger partial charge in [-0.05, 0) is 42.0 Å². The second-order valence-electron chi connectivity index (χ2n) is 5.61. The lowest BCUT2D eigenvalue weighted by atomic mass is 10.1. The van der Waals surface area contributed by atoms with Crippen LogP contribution in [-0.4, -0.2) is 19.3 Å². The van der Waals surface area contributed by atoms with Crippen LogP contribution in [0.5, 0.6) is 0 Å². The van der Waals surface area contributed by atoms with E-state index in [0.717, 1.165) is 0 Å². The van der Waals surface area contributed by atoms with Crippen LogP contribution in [0.25, 0.3) is 11.3 Å². The number of sulfonamides is 1. The molecular weight excluding hydrogens is 407 g/mol. The molecule has 0 bridgehead atoms. The number of rotatable bonds is 5. The molecule has 5 nitrogen and oxygen atoms in total. The average molecular weight is 421 g/mol. The maximum Gasteiger partial charge on any atom is 0.264 e. The standard InChI is InChI=1S/C19H14Cl2N2O3S/c20-16-10-9-14(12-15(16)17-8-4-5-11-22-17)18(21)27(25,26)23-19(24)13-6-2-1-3-7-13/h1-12,18H,(H,23,24). The Hall–Kier alpha value is -2.41. The van der Waals surface area contributed by atoms with Crippen LogP contribution in [0.1, 0.15) is 20.6 Å². The Bertz CT molecular complexity index is 1060. The van der Waals surface area contributed by atoms with Crippen LogP contribution < -0.4 is 4.72 Å². The predicted octanol–water partition coefficient (Wildman–Crippen LogP) is 4.40. The number of benzene rings is 2. The van der Waals surface area contributed by atoms with Gasteiger partial charge < -0.3 is 0 Å². The first-order chi connectivity index (χ1) is 12.9. The van der Waals surface area contributed by atoms with Crippen LogP contribution in [0.2, 0.25) is 5.02 Å². The highest BCUT2D eigenvalue weighted by atomic mass is 35.5. The van der Waals surface area contributed by atoms with Crippen LogP contribution >= 0.6 is 23.2 Å². The molecular formula is C19H14Cl2N2O3S. The maximum absolute atomic E-state index is 12.5. The van der Waals surface area contributed by atoms with Crippen molar-refractivity contribution in [3.63, 3.8) is 0 Å². The van der Waals surface area contributed by atoms with E-state index in [9.17, 15) is 13.2 Å². The highest BCUT2D eigenvalue weighted by molar-refractivity contribution is 7.91. The third kappa shape index (κ3) is 4.47. The summed E-state index contributed by atoms with van der Waals surface area (Å²) in [5, 5.41) is 0.409. The smallest absolute Gasteiger partial charge is 0.264 e. The van der Waals surface area contributed by atoms with Gasteiger partial charge in [-0.2, -0.15) is 0 Å². The number of amides is 1. The minimum Gasteiger partial charge on any atom is -0.268 e. The Morgan fingerprint density at radius 1 is 1.00 bits per heavy atom. The minimum absolute atomic E-state index is 0.218. The zero-order chi connectivity index (χ0) is 19.4. The van der Waals surface area contributed by atoms with Crippen molar-refractivity contribution in [1.82, 2.24) is 9.71 Å². The number of pyridine rings is 1. The summed E-state index contributed by atoms with van der Waals surface area (Å²) in [4.78, 5) is 16.4. The topological polar surface area (TPSA) is 76.1 Å². The first-order valence-corrected chi connectivity index (χ1v) is 10.2. The van der Waals surface area contributed by atoms with Crippen molar-refractivity contribution >= 4 is 39.1 Å². The summed E-state index contributed by atoms with van der Waals surface area (Å²) < 4.78 is 25.6. The second-order valence-corrected chi connectivity index (χ2v) is 8.48. The molecule has 2 aromatic carbocycles. The van der Waals surface area contributed by atoms with Crippen molar-refractivity contribution < 1.29 is 13.2 Å². The average Bonchev–Trinajstić information content (AvgIpc) is 2.69. The van der Waals surface area contributed by atoms with Crippen molar-refractivity contribution in [2.24, 2.45) is 0 Å². The molecule has 1 heterocycles. The molecule has 0 saturated heterocycles. The van der Waals surface area contributed by atoms with Crippen LogP contribution in [0.3, 0.4) is 0 Å². The molecule has 1 amide bonds. The summed E-state index contributed by atoms with van der Waals surface area (Å²) in [6.07, 6.45) is 1.60. The molecule has 0 aliphatic heterocycles. The molecule has 1 N–H and O–H groups in total. The van der Waals surface area contributed by atoms with Gasteiger partial charge in [0.2, 0.25) is 0 Å². The fourth-order valence-corrected chi connectivity index (χ4v) is 3.88. The van der Waals surface area contributed by atoms with Gasteiger partial charge in [0.25, 0.3) is 15.9 Å². The molecule has 3 rings (SSSR count). The molecule has 0 radical (unpaired) electrons. The molecule has 0 aliphatic carbocycles. The molecule has 1 aromatic heterocycles. The SMILES string of the molecule is O=C(NS(=O)(=O)C(Cl)c1ccc(Cl)c(-c2ccccn2)c1)c1ccccc1. The number of nitrogens with zero attached hydrogens (tertiary/aromatic N) is 1. The Morgan fingerprint density at radius 3 is 2.37 bits per heavy atom. The number of nitrogens with one attached hydrogen (secondary N) is 1. The summed E-state index contributed by atoms with van der Waals surface area (Å²) in [7, 11) is -4.17. The largest absolute Gasteiger partial charge is 0.268 e. The Balaban J connectivity index is 1.89. The minimum atomic E-state index is -4.17. The molecule has 1 atom stereocenters. The summed E-state index contributed by atoms with van der Waals surface area (Å²) >= 11 is 12.4. The molecule has 0 aliphatic rings. The van der Waals surface area contributed by atoms with E-state index in [2.05, 4.69) is 4.98 Å². The molecule has 138 valence electrons. The molecule has 0 saturated carbocycles. The van der Waals surface area contributed by atoms with Gasteiger partial charge >= 0.3 is 0 Å². The summed E-state index contributed by atoms with van der Waals surface area (Å²) in [5.74, 6) is -0.750. The lowest BCUT2D eigenvalue weighted by Crippen LogP contribution is -2.32. The lowest BCUT2D eigenvalue weighted by molar-refractivity contribution is 0.0981. The van der Waals surface area contributed by atoms with Crippen molar-refractivity contribution in [3.8, 4) is 11.3 Å². The number of aromatic nitrogens is 1. The van der Waals surface area contributed by atoms with Crippen LogP contribution in [0, 0.1) is 0 Å². The quantitative estimate of drug-likeness (QED) is 0.620. The van der Waals surface area contributed by atoms with Gasteiger partial charge in [-0.3, -0.25) is 9.78 Å². The van der Waals surface area contributed by atoms with Crippen LogP contribution in [0.15, 0.2) is 72.9 Å². The van der Waals surface area contributed by atoms with E-state index in [0.29, 0.717) is 16.3 Å². The highest BCUT2D eigenvalue weighted by Crippen LogP contribution is 2.33. The number of carbonyl (C=O) groups excluding carboxylic acids is 1. The Morgan fingerprint density at radius 2 is 1.70 bits per heavy atom. The van der Waals surface area contributed by atoms with Crippen molar-refractivity contribution in [3.05, 3.63) is 89.1 Å². The third-order valence-electron chi connectivity index (χ3n) is 3.74. The first kappa shape index (κ1) is 19.4. The predicted molar refractivity (Wildman–Crippen MR) is 106 cm³/mol. The van der Waals surface area contributed by atoms with E-state index in [1.54, 1.807) is 54.7 Å². The summed E-state index contributed by atoms with van der Waals surface area (Å²) in [5.41, 5.74) is 1.62. The Kier molecular flexibility index (Phi) is 5.79. The monoisotopic (exact) mass is 420 g/mol. The van der Waals surface area contributed by atoms with Gasteiger partial charge in [0.15, 0.2) is 4.71 Å². The van der Waals surface area contributed by atoms with E-state index in [1.807, 2.05) is 4.72 Å². The number of alkyl halides is 1. The van der Waals surface area contributed by atoms with Crippen molar-refractivity contribution in [2.45, 2.75) is 4.71 Å². The van der Waals surface area contributed by atoms with Crippen LogP contribution in [-0.2, 0) is 10.0 Å². The van der Waals surface area contributed by atoms with E-state index >= 15 is 0 Å². The highest BCUT2D eigenvalue weighted by Gasteiger charge is 2.28. The molecule has 0 fully saturated rings. The number of carbonyl (C=O) groups is 1. The molecule has 8 heteroatoms. The number of halogens is 2. The van der Waals surface area contributed by atoms with Gasteiger partial charge in [0.1, 0.15) is 0 Å². The number of hydrogen-bond donors (Lipinski definition) is 1. The van der Waals surface area contributed by atoms with E-state index in [1.165, 1.54) is 18.2 Å². The van der Waals surface area contributed by atoms with E-state index < -0.39 is 20.6 Å². The van der Waals surface area contributed by atoms with Gasteiger partial charge in [-0.25, -0.2) is 13.1 Å². The van der Waals surface area contributed by atoms with Crippen molar-refractivity contribution in [1.29, 1.82) is 0 Å². The summed E-state index contributed by atoms with van der Waals surface area (Å²) in [6, 6.07) is 17.9. The summed E-state index contributed by atoms with van der Waals surface area (Å²) in [6.45, 7) is 0. The molecule has 3 aromatic rings. The van der Waals surface area contributed by atoms with Crippen molar-refractivity contribution in [2.75, 3.05) is 0 Å². The van der Waals surface area contributed by atoms with Gasteiger partial charge in [-0.1, -0.05) is 53.5 Å². The first-order valence-electron chi connectivity index (χ1n) is 7.84. The fourth-order valence-electron chi connectivity index (χ4n) is 2.41. The Labute approximate surface area is 167 Å². The fraction of sp³-hybridized carbons (Fsp3) is 0.0526. The van der Waals surface area contributed by atoms with Gasteiger partial charge in [0, 0.05) is 22.3 Å². The normalized spacial score (nSPS) is 12.4. The molecule has 27 heavy (non-hydrogen) atoms. The van der Waals surface area contributed by atoms with Crippen LogP contribution in [0.4, 0.5) is 0 Å². The number of hydrogen-bond acceptors (Lipinski definition) is 4. The van der Waals surface area contributed by atoms with Gasteiger partial charge in [0.05, 0.1) is 5.69 Å². The lowest BCUT2D eigenvalue weighted by Gasteiger charge is -2.14. The van der Waals surface area contributed by atoms with E-state index in [4.69, 9.17) is 23.2 Å². The van der Waals surface area contributed by atoms with E-state index in [-0.39, 0.29) is 11.1 Å². The zero-order valence-electron chi connectivity index (χ0n) is 13.8. The maximum atomic E-state index is 12.5.